The molecular formula is C11H16N2O2. The highest BCUT2D eigenvalue weighted by molar-refractivity contribution is 5.75. The molecule has 15 heavy (non-hydrogen) atoms. The monoisotopic (exact) mass is 208 g/mol. The van der Waals surface area contributed by atoms with Crippen LogP contribution >= 0.6 is 0 Å². The second-order valence-corrected chi connectivity index (χ2v) is 3.70. The molecule has 0 radical (unpaired) electrons. The van der Waals surface area contributed by atoms with Crippen LogP contribution in [0.1, 0.15) is 36.8 Å². The minimum absolute atomic E-state index is 0.346. The number of aldehydes is 1. The minimum Gasteiger partial charge on any atom is -0.464 e. The Hall–Kier alpha value is -1.45. The molecule has 0 amide bonds. The Bertz CT molecular complexity index is 337. The molecule has 82 valence electrons. The van der Waals surface area contributed by atoms with Gasteiger partial charge in [-0.15, -0.1) is 0 Å². The Morgan fingerprint density at radius 2 is 2.27 bits per heavy atom. The van der Waals surface area contributed by atoms with Crippen molar-refractivity contribution in [3.8, 4) is 6.01 Å². The zero-order chi connectivity index (χ0) is 11.3. The summed E-state index contributed by atoms with van der Waals surface area (Å²) in [6, 6.07) is 0.346. The van der Waals surface area contributed by atoms with E-state index in [4.69, 9.17) is 4.74 Å². The lowest BCUT2D eigenvalue weighted by Gasteiger charge is -2.08. The first-order valence-corrected chi connectivity index (χ1v) is 5.11. The molecule has 0 fully saturated rings. The molecule has 0 aliphatic heterocycles. The van der Waals surface area contributed by atoms with Crippen LogP contribution in [0.4, 0.5) is 0 Å². The molecule has 4 nitrogen and oxygen atoms in total. The van der Waals surface area contributed by atoms with E-state index >= 15 is 0 Å². The molecule has 0 aromatic carbocycles. The molecule has 0 atom stereocenters. The highest BCUT2D eigenvalue weighted by Crippen LogP contribution is 2.12. The number of nitrogens with zero attached hydrogens (tertiary/aromatic N) is 2. The van der Waals surface area contributed by atoms with Gasteiger partial charge in [0.15, 0.2) is 6.29 Å². The van der Waals surface area contributed by atoms with Gasteiger partial charge in [0.2, 0.25) is 0 Å². The zero-order valence-corrected chi connectivity index (χ0v) is 9.36. The lowest BCUT2D eigenvalue weighted by atomic mass is 10.1. The standard InChI is InChI=1S/C11H16N2O2/c1-4-15-11-12-6-9(7-14)10(13-11)5-8(2)3/h6-8H,4-5H2,1-3H3. The van der Waals surface area contributed by atoms with Crippen molar-refractivity contribution >= 4 is 6.29 Å². The Kier molecular flexibility index (Phi) is 4.21. The second-order valence-electron chi connectivity index (χ2n) is 3.70. The van der Waals surface area contributed by atoms with Crippen LogP contribution < -0.4 is 4.74 Å². The molecule has 1 aromatic heterocycles. The summed E-state index contributed by atoms with van der Waals surface area (Å²) in [7, 11) is 0. The van der Waals surface area contributed by atoms with E-state index in [1.165, 1.54) is 6.20 Å². The van der Waals surface area contributed by atoms with E-state index in [-0.39, 0.29) is 0 Å². The Morgan fingerprint density at radius 1 is 1.53 bits per heavy atom. The van der Waals surface area contributed by atoms with Crippen molar-refractivity contribution in [3.05, 3.63) is 17.5 Å². The van der Waals surface area contributed by atoms with Crippen molar-refractivity contribution in [1.29, 1.82) is 0 Å². The molecule has 0 unspecified atom stereocenters. The molecule has 0 N–H and O–H groups in total. The summed E-state index contributed by atoms with van der Waals surface area (Å²) in [4.78, 5) is 18.9. The molecule has 0 saturated heterocycles. The molecule has 1 rings (SSSR count). The average Bonchev–Trinajstić information content (AvgIpc) is 2.18. The van der Waals surface area contributed by atoms with E-state index in [1.807, 2.05) is 6.92 Å². The zero-order valence-electron chi connectivity index (χ0n) is 9.36. The second kappa shape index (κ2) is 5.44. The van der Waals surface area contributed by atoms with Crippen LogP contribution in [0.15, 0.2) is 6.20 Å². The fraction of sp³-hybridized carbons (Fsp3) is 0.545. The first-order valence-electron chi connectivity index (χ1n) is 5.11. The fourth-order valence-electron chi connectivity index (χ4n) is 1.26. The summed E-state index contributed by atoms with van der Waals surface area (Å²) < 4.78 is 5.19. The van der Waals surface area contributed by atoms with E-state index in [1.54, 1.807) is 0 Å². The van der Waals surface area contributed by atoms with Crippen LogP contribution in [0.3, 0.4) is 0 Å². The van der Waals surface area contributed by atoms with Crippen molar-refractivity contribution in [2.24, 2.45) is 5.92 Å². The molecular weight excluding hydrogens is 192 g/mol. The van der Waals surface area contributed by atoms with Gasteiger partial charge in [0, 0.05) is 6.20 Å². The summed E-state index contributed by atoms with van der Waals surface area (Å²) in [6.45, 7) is 6.56. The SMILES string of the molecule is CCOc1ncc(C=O)c(CC(C)C)n1. The third-order valence-electron chi connectivity index (χ3n) is 1.88. The van der Waals surface area contributed by atoms with E-state index in [0.717, 1.165) is 18.4 Å². The lowest BCUT2D eigenvalue weighted by Crippen LogP contribution is -2.06. The molecule has 0 spiro atoms. The number of hydrogen-bond donors (Lipinski definition) is 0. The number of aromatic nitrogens is 2. The summed E-state index contributed by atoms with van der Waals surface area (Å²) in [5, 5.41) is 0. The predicted octanol–water partition coefficient (Wildman–Crippen LogP) is 1.89. The van der Waals surface area contributed by atoms with Crippen molar-refractivity contribution in [3.63, 3.8) is 0 Å². The van der Waals surface area contributed by atoms with Gasteiger partial charge in [-0.1, -0.05) is 13.8 Å². The molecule has 1 heterocycles. The van der Waals surface area contributed by atoms with Gasteiger partial charge in [0.1, 0.15) is 0 Å². The van der Waals surface area contributed by atoms with Gasteiger partial charge in [-0.25, -0.2) is 4.98 Å². The molecule has 0 saturated carbocycles. The molecule has 0 aliphatic carbocycles. The van der Waals surface area contributed by atoms with E-state index in [0.29, 0.717) is 24.1 Å². The average molecular weight is 208 g/mol. The molecule has 4 heteroatoms. The maximum atomic E-state index is 10.8. The van der Waals surface area contributed by atoms with E-state index in [9.17, 15) is 4.79 Å². The maximum absolute atomic E-state index is 10.8. The number of rotatable bonds is 5. The molecule has 1 aromatic rings. The van der Waals surface area contributed by atoms with Gasteiger partial charge in [0.05, 0.1) is 17.9 Å². The Labute approximate surface area is 89.7 Å². The van der Waals surface area contributed by atoms with Crippen LogP contribution in [-0.4, -0.2) is 22.9 Å². The van der Waals surface area contributed by atoms with Crippen molar-refractivity contribution in [1.82, 2.24) is 9.97 Å². The predicted molar refractivity (Wildman–Crippen MR) is 57.1 cm³/mol. The van der Waals surface area contributed by atoms with Crippen LogP contribution in [-0.2, 0) is 6.42 Å². The summed E-state index contributed by atoms with van der Waals surface area (Å²) in [5.41, 5.74) is 1.31. The Balaban J connectivity index is 2.96. The van der Waals surface area contributed by atoms with Gasteiger partial charge in [-0.3, -0.25) is 4.79 Å². The molecule has 0 aliphatic rings. The Morgan fingerprint density at radius 3 is 2.80 bits per heavy atom. The maximum Gasteiger partial charge on any atom is 0.316 e. The van der Waals surface area contributed by atoms with E-state index < -0.39 is 0 Å². The minimum atomic E-state index is 0.346. The van der Waals surface area contributed by atoms with Crippen molar-refractivity contribution in [2.45, 2.75) is 27.2 Å². The third kappa shape index (κ3) is 3.31. The topological polar surface area (TPSA) is 52.1 Å². The number of carbonyl (C=O) groups is 1. The summed E-state index contributed by atoms with van der Waals surface area (Å²) >= 11 is 0. The molecule has 0 bridgehead atoms. The normalized spacial score (nSPS) is 10.4. The van der Waals surface area contributed by atoms with Crippen LogP contribution in [0.2, 0.25) is 0 Å². The highest BCUT2D eigenvalue weighted by Gasteiger charge is 2.08. The summed E-state index contributed by atoms with van der Waals surface area (Å²) in [6.07, 6.45) is 3.06. The van der Waals surface area contributed by atoms with Crippen LogP contribution in [0.5, 0.6) is 6.01 Å². The quantitative estimate of drug-likeness (QED) is 0.693. The number of hydrogen-bond acceptors (Lipinski definition) is 4. The van der Waals surface area contributed by atoms with Gasteiger partial charge < -0.3 is 4.74 Å². The third-order valence-corrected chi connectivity index (χ3v) is 1.88. The first-order chi connectivity index (χ1) is 7.17. The van der Waals surface area contributed by atoms with E-state index in [2.05, 4.69) is 23.8 Å². The van der Waals surface area contributed by atoms with Gasteiger partial charge in [-0.2, -0.15) is 4.98 Å². The van der Waals surface area contributed by atoms with Crippen LogP contribution in [0, 0.1) is 5.92 Å². The van der Waals surface area contributed by atoms with Crippen molar-refractivity contribution in [2.75, 3.05) is 6.61 Å². The highest BCUT2D eigenvalue weighted by atomic mass is 16.5. The van der Waals surface area contributed by atoms with Crippen LogP contribution in [0.25, 0.3) is 0 Å². The summed E-state index contributed by atoms with van der Waals surface area (Å²) in [5.74, 6) is 0.452. The van der Waals surface area contributed by atoms with Gasteiger partial charge >= 0.3 is 6.01 Å². The van der Waals surface area contributed by atoms with Gasteiger partial charge in [0.25, 0.3) is 0 Å². The largest absolute Gasteiger partial charge is 0.464 e. The smallest absolute Gasteiger partial charge is 0.316 e. The van der Waals surface area contributed by atoms with Crippen molar-refractivity contribution < 1.29 is 9.53 Å². The lowest BCUT2D eigenvalue weighted by molar-refractivity contribution is 0.112. The fourth-order valence-corrected chi connectivity index (χ4v) is 1.26. The number of carbonyl (C=O) groups excluding carboxylic acids is 1. The van der Waals surface area contributed by atoms with Gasteiger partial charge in [-0.05, 0) is 19.3 Å². The number of ether oxygens (including phenoxy) is 1. The first kappa shape index (κ1) is 11.6.